The zero-order chi connectivity index (χ0) is 50.0. The number of hydrogen-bond donors (Lipinski definition) is 0. The Kier molecular flexibility index (Phi) is 12.0. The van der Waals surface area contributed by atoms with E-state index in [-0.39, 0.29) is 0 Å². The van der Waals surface area contributed by atoms with E-state index in [4.69, 9.17) is 0 Å². The van der Waals surface area contributed by atoms with Crippen LogP contribution in [0.5, 0.6) is 0 Å². The van der Waals surface area contributed by atoms with Crippen LogP contribution in [-0.2, 0) is 0 Å². The Labute approximate surface area is 441 Å². The average molecular weight is 973 g/mol. The molecular weight excluding hydrogens is 921 g/mol. The van der Waals surface area contributed by atoms with Crippen molar-refractivity contribution in [2.24, 2.45) is 0 Å². The van der Waals surface area contributed by atoms with Crippen molar-refractivity contribution in [2.75, 3.05) is 9.80 Å². The second kappa shape index (κ2) is 19.8. The molecule has 75 heavy (non-hydrogen) atoms. The Morgan fingerprint density at radius 1 is 0.227 bits per heavy atom. The Balaban J connectivity index is 0.900. The van der Waals surface area contributed by atoms with Gasteiger partial charge in [0.1, 0.15) is 0 Å². The number of nitrogens with zero attached hydrogens (tertiary/aromatic N) is 2. The minimum Gasteiger partial charge on any atom is -0.311 e. The zero-order valence-electron chi connectivity index (χ0n) is 41.4. The molecule has 0 unspecified atom stereocenters. The lowest BCUT2D eigenvalue weighted by molar-refractivity contribution is 1.28. The van der Waals surface area contributed by atoms with Gasteiger partial charge in [0.05, 0.1) is 0 Å². The largest absolute Gasteiger partial charge is 0.311 e. The summed E-state index contributed by atoms with van der Waals surface area (Å²) in [5.41, 5.74) is 18.8. The van der Waals surface area contributed by atoms with E-state index in [1.165, 1.54) is 87.8 Å². The zero-order valence-corrected chi connectivity index (χ0v) is 42.4. The summed E-state index contributed by atoms with van der Waals surface area (Å²) in [5.74, 6) is 0. The fraction of sp³-hybridized carbons (Fsp3) is 0. The van der Waals surface area contributed by atoms with Gasteiger partial charge in [-0.3, -0.25) is 0 Å². The Hall–Kier alpha value is -9.54. The molecule has 3 heteroatoms. The molecule has 12 aromatic carbocycles. The highest BCUT2D eigenvalue weighted by atomic mass is 28.3. The third kappa shape index (κ3) is 8.45. The van der Waals surface area contributed by atoms with Crippen LogP contribution in [0.2, 0.25) is 0 Å². The number of benzene rings is 12. The number of para-hydroxylation sites is 2. The quantitative estimate of drug-likeness (QED) is 0.119. The average Bonchev–Trinajstić information content (AvgIpc) is 3.53. The molecule has 1 heterocycles. The molecule has 0 aliphatic carbocycles. The van der Waals surface area contributed by atoms with Crippen LogP contribution in [0.3, 0.4) is 0 Å². The van der Waals surface area contributed by atoms with Gasteiger partial charge in [-0.2, -0.15) is 0 Å². The van der Waals surface area contributed by atoms with Crippen LogP contribution in [0, 0.1) is 0 Å². The van der Waals surface area contributed by atoms with Crippen molar-refractivity contribution >= 4 is 62.9 Å². The lowest BCUT2D eigenvalue weighted by Gasteiger charge is -2.45. The van der Waals surface area contributed by atoms with Crippen molar-refractivity contribution < 1.29 is 0 Å². The highest BCUT2D eigenvalue weighted by Crippen LogP contribution is 2.41. The molecule has 0 amide bonds. The number of fused-ring (bicyclic) bond motifs is 2. The maximum atomic E-state index is 2.51. The van der Waals surface area contributed by atoms with E-state index in [0.717, 1.165) is 22.7 Å². The Morgan fingerprint density at radius 2 is 0.520 bits per heavy atom. The molecule has 2 nitrogen and oxygen atoms in total. The van der Waals surface area contributed by atoms with Crippen molar-refractivity contribution in [3.8, 4) is 55.6 Å². The molecule has 0 atom stereocenters. The number of anilines is 6. The predicted molar refractivity (Wildman–Crippen MR) is 320 cm³/mol. The second-order valence-corrected chi connectivity index (χ2v) is 23.0. The normalized spacial score (nSPS) is 12.3. The fourth-order valence-electron chi connectivity index (χ4n) is 11.3. The van der Waals surface area contributed by atoms with Gasteiger partial charge in [0.25, 0.3) is 0 Å². The van der Waals surface area contributed by atoms with Crippen molar-refractivity contribution in [2.45, 2.75) is 0 Å². The van der Waals surface area contributed by atoms with Crippen LogP contribution in [0.4, 0.5) is 34.1 Å². The standard InChI is InChI=1S/C72H52N2Si/c1-6-18-53(19-7-1)55-30-34-57(35-31-55)59-38-45-64(46-39-59)73(65-47-40-60(41-48-65)58-36-32-56(33-37-58)54-20-8-2-9-21-54)66-49-42-61(43-50-66)62-44-51-70-72(52-62)75(67-24-12-4-13-25-67,68-26-14-5-15-27-68)71-29-17-16-28-69(71)74(70)63-22-10-3-11-23-63/h1-52H. The van der Waals surface area contributed by atoms with Crippen LogP contribution < -0.4 is 30.5 Å². The van der Waals surface area contributed by atoms with E-state index in [1.54, 1.807) is 0 Å². The van der Waals surface area contributed by atoms with Crippen LogP contribution in [0.25, 0.3) is 55.6 Å². The van der Waals surface area contributed by atoms with Gasteiger partial charge < -0.3 is 9.80 Å². The second-order valence-electron chi connectivity index (χ2n) is 19.3. The Bertz CT molecular complexity index is 3700. The molecule has 1 aliphatic heterocycles. The Morgan fingerprint density at radius 3 is 0.933 bits per heavy atom. The molecule has 0 bridgehead atoms. The first kappa shape index (κ1) is 45.3. The maximum Gasteiger partial charge on any atom is 0.184 e. The molecule has 0 saturated heterocycles. The first-order valence-corrected chi connectivity index (χ1v) is 27.8. The van der Waals surface area contributed by atoms with Crippen LogP contribution in [0.1, 0.15) is 0 Å². The van der Waals surface area contributed by atoms with Crippen molar-refractivity contribution in [3.63, 3.8) is 0 Å². The summed E-state index contributed by atoms with van der Waals surface area (Å²) in [7, 11) is -2.88. The van der Waals surface area contributed by atoms with E-state index >= 15 is 0 Å². The first-order chi connectivity index (χ1) is 37.2. The lowest BCUT2D eigenvalue weighted by atomic mass is 9.99. The third-order valence-corrected chi connectivity index (χ3v) is 19.8. The van der Waals surface area contributed by atoms with Gasteiger partial charge in [-0.1, -0.05) is 255 Å². The monoisotopic (exact) mass is 972 g/mol. The molecule has 12 aromatic rings. The summed E-state index contributed by atoms with van der Waals surface area (Å²) in [4.78, 5) is 4.85. The molecular formula is C72H52N2Si. The molecule has 0 radical (unpaired) electrons. The number of hydrogen-bond acceptors (Lipinski definition) is 2. The van der Waals surface area contributed by atoms with Gasteiger partial charge in [0.2, 0.25) is 0 Å². The van der Waals surface area contributed by atoms with E-state index in [1.807, 2.05) is 0 Å². The molecule has 354 valence electrons. The predicted octanol–water partition coefficient (Wildman–Crippen LogP) is 16.7. The summed E-state index contributed by atoms with van der Waals surface area (Å²) in [5, 5.41) is 5.49. The minimum atomic E-state index is -2.88. The number of rotatable bonds is 11. The van der Waals surface area contributed by atoms with Gasteiger partial charge >= 0.3 is 0 Å². The van der Waals surface area contributed by atoms with Crippen LogP contribution >= 0.6 is 0 Å². The molecule has 0 fully saturated rings. The van der Waals surface area contributed by atoms with Crippen molar-refractivity contribution in [1.29, 1.82) is 0 Å². The van der Waals surface area contributed by atoms with E-state index in [2.05, 4.69) is 325 Å². The van der Waals surface area contributed by atoms with Gasteiger partial charge in [0, 0.05) is 34.1 Å². The molecule has 1 aliphatic rings. The molecule has 0 N–H and O–H groups in total. The molecule has 13 rings (SSSR count). The molecule has 0 aromatic heterocycles. The first-order valence-electron chi connectivity index (χ1n) is 25.8. The summed E-state index contributed by atoms with van der Waals surface area (Å²) in [6, 6.07) is 116. The van der Waals surface area contributed by atoms with Gasteiger partial charge in [0.15, 0.2) is 8.07 Å². The smallest absolute Gasteiger partial charge is 0.184 e. The maximum absolute atomic E-state index is 2.88. The van der Waals surface area contributed by atoms with E-state index in [0.29, 0.717) is 0 Å². The van der Waals surface area contributed by atoms with Crippen LogP contribution in [-0.4, -0.2) is 8.07 Å². The van der Waals surface area contributed by atoms with Gasteiger partial charge in [-0.15, -0.1) is 0 Å². The fourth-order valence-corrected chi connectivity index (χ4v) is 16.4. The lowest BCUT2D eigenvalue weighted by Crippen LogP contribution is -2.77. The van der Waals surface area contributed by atoms with Gasteiger partial charge in [-0.25, -0.2) is 0 Å². The van der Waals surface area contributed by atoms with Gasteiger partial charge in [-0.05, 0) is 137 Å². The topological polar surface area (TPSA) is 6.48 Å². The summed E-state index contributed by atoms with van der Waals surface area (Å²) < 4.78 is 0. The summed E-state index contributed by atoms with van der Waals surface area (Å²) in [6.45, 7) is 0. The summed E-state index contributed by atoms with van der Waals surface area (Å²) in [6.07, 6.45) is 0. The highest BCUT2D eigenvalue weighted by molar-refractivity contribution is 7.21. The van der Waals surface area contributed by atoms with E-state index < -0.39 is 8.07 Å². The SMILES string of the molecule is c1ccc(-c2ccc(-c3ccc(N(c4ccc(-c5ccc(-c6ccccc6)cc5)cc4)c4ccc(-c5ccc6c(c5)[Si](c5ccccc5)(c5ccccc5)c5ccccc5N6c5ccccc5)cc4)cc3)cc2)cc1. The third-order valence-electron chi connectivity index (χ3n) is 15.0. The molecule has 0 spiro atoms. The van der Waals surface area contributed by atoms with E-state index in [9.17, 15) is 0 Å². The van der Waals surface area contributed by atoms with Crippen LogP contribution in [0.15, 0.2) is 315 Å². The van der Waals surface area contributed by atoms with Crippen molar-refractivity contribution in [1.82, 2.24) is 0 Å². The minimum absolute atomic E-state index is 1.08. The summed E-state index contributed by atoms with van der Waals surface area (Å²) >= 11 is 0. The van der Waals surface area contributed by atoms with Crippen molar-refractivity contribution in [3.05, 3.63) is 315 Å². The molecule has 0 saturated carbocycles. The highest BCUT2D eigenvalue weighted by Gasteiger charge is 2.49.